The number of carbonyl (C=O) groups excluding carboxylic acids is 1. The Labute approximate surface area is 84.5 Å². The minimum atomic E-state index is -0.663. The van der Waals surface area contributed by atoms with Crippen LogP contribution < -0.4 is 5.32 Å². The van der Waals surface area contributed by atoms with E-state index in [2.05, 4.69) is 11.4 Å². The fraction of sp³-hybridized carbons (Fsp3) is 0.818. The molecule has 0 radical (unpaired) electrons. The van der Waals surface area contributed by atoms with Crippen LogP contribution >= 0.6 is 0 Å². The molecule has 76 valence electrons. The molecule has 0 saturated heterocycles. The van der Waals surface area contributed by atoms with Gasteiger partial charge < -0.3 is 5.32 Å². The minimum Gasteiger partial charge on any atom is -0.354 e. The van der Waals surface area contributed by atoms with E-state index in [1.165, 1.54) is 19.3 Å². The third-order valence-electron chi connectivity index (χ3n) is 3.63. The molecular weight excluding hydrogens is 176 g/mol. The smallest absolute Gasteiger partial charge is 0.240 e. The Morgan fingerprint density at radius 1 is 1.43 bits per heavy atom. The molecular formula is C11H16N2O. The molecule has 0 aromatic carbocycles. The van der Waals surface area contributed by atoms with Crippen molar-refractivity contribution in [2.75, 3.05) is 6.54 Å². The van der Waals surface area contributed by atoms with Crippen LogP contribution in [0.2, 0.25) is 0 Å². The molecule has 1 amide bonds. The number of hydrogen-bond donors (Lipinski definition) is 1. The lowest BCUT2D eigenvalue weighted by molar-refractivity contribution is -0.132. The monoisotopic (exact) mass is 192 g/mol. The lowest BCUT2D eigenvalue weighted by Gasteiger charge is -2.34. The van der Waals surface area contributed by atoms with Crippen molar-refractivity contribution >= 4 is 5.91 Å². The second-order valence-electron chi connectivity index (χ2n) is 4.55. The van der Waals surface area contributed by atoms with Crippen molar-refractivity contribution in [2.24, 2.45) is 11.3 Å². The summed E-state index contributed by atoms with van der Waals surface area (Å²) in [6.07, 6.45) is 6.29. The Morgan fingerprint density at radius 3 is 2.50 bits per heavy atom. The number of amides is 1. The van der Waals surface area contributed by atoms with E-state index in [9.17, 15) is 4.79 Å². The first kappa shape index (κ1) is 9.51. The van der Waals surface area contributed by atoms with Gasteiger partial charge in [0.1, 0.15) is 5.41 Å². The van der Waals surface area contributed by atoms with Gasteiger partial charge in [-0.15, -0.1) is 0 Å². The summed E-state index contributed by atoms with van der Waals surface area (Å²) in [5.41, 5.74) is -0.663. The molecule has 2 aliphatic rings. The standard InChI is InChI=1S/C11H16N2O/c12-8-11(5-2-6-11)10(14)13-7-9-3-1-4-9/h9H,1-7H2,(H,13,14). The van der Waals surface area contributed by atoms with Crippen molar-refractivity contribution < 1.29 is 4.79 Å². The van der Waals surface area contributed by atoms with E-state index in [1.807, 2.05) is 0 Å². The van der Waals surface area contributed by atoms with Gasteiger partial charge in [-0.2, -0.15) is 5.26 Å². The van der Waals surface area contributed by atoms with Gasteiger partial charge >= 0.3 is 0 Å². The van der Waals surface area contributed by atoms with Crippen molar-refractivity contribution in [3.05, 3.63) is 0 Å². The fourth-order valence-electron chi connectivity index (χ4n) is 2.02. The van der Waals surface area contributed by atoms with Crippen LogP contribution in [0, 0.1) is 22.7 Å². The van der Waals surface area contributed by atoms with Crippen LogP contribution in [0.1, 0.15) is 38.5 Å². The molecule has 2 aliphatic carbocycles. The minimum absolute atomic E-state index is 0.0295. The molecule has 3 heteroatoms. The molecule has 0 spiro atoms. The summed E-state index contributed by atoms with van der Waals surface area (Å²) in [5.74, 6) is 0.646. The maximum atomic E-state index is 11.7. The predicted molar refractivity (Wildman–Crippen MR) is 52.2 cm³/mol. The fourth-order valence-corrected chi connectivity index (χ4v) is 2.02. The summed E-state index contributed by atoms with van der Waals surface area (Å²) in [5, 5.41) is 11.8. The van der Waals surface area contributed by atoms with Crippen LogP contribution in [0.25, 0.3) is 0 Å². The van der Waals surface area contributed by atoms with Gasteiger partial charge in [0, 0.05) is 6.54 Å². The van der Waals surface area contributed by atoms with Crippen molar-refractivity contribution in [3.8, 4) is 6.07 Å². The summed E-state index contributed by atoms with van der Waals surface area (Å²) in [6, 6.07) is 2.16. The molecule has 0 aromatic heterocycles. The van der Waals surface area contributed by atoms with Crippen molar-refractivity contribution in [2.45, 2.75) is 38.5 Å². The van der Waals surface area contributed by atoms with E-state index in [0.29, 0.717) is 5.92 Å². The highest BCUT2D eigenvalue weighted by atomic mass is 16.2. The third kappa shape index (κ3) is 1.50. The second-order valence-corrected chi connectivity index (χ2v) is 4.55. The van der Waals surface area contributed by atoms with E-state index in [4.69, 9.17) is 5.26 Å². The van der Waals surface area contributed by atoms with Crippen LogP contribution in [0.15, 0.2) is 0 Å². The van der Waals surface area contributed by atoms with E-state index in [0.717, 1.165) is 25.8 Å². The molecule has 0 bridgehead atoms. The summed E-state index contributed by atoms with van der Waals surface area (Å²) < 4.78 is 0. The lowest BCUT2D eigenvalue weighted by Crippen LogP contribution is -2.46. The molecule has 2 fully saturated rings. The molecule has 2 rings (SSSR count). The summed E-state index contributed by atoms with van der Waals surface area (Å²) in [7, 11) is 0. The highest BCUT2D eigenvalue weighted by Gasteiger charge is 2.44. The van der Waals surface area contributed by atoms with Crippen LogP contribution in [-0.4, -0.2) is 12.5 Å². The summed E-state index contributed by atoms with van der Waals surface area (Å²) >= 11 is 0. The molecule has 3 nitrogen and oxygen atoms in total. The summed E-state index contributed by atoms with van der Waals surface area (Å²) in [6.45, 7) is 0.780. The zero-order chi connectivity index (χ0) is 10.0. The first-order valence-electron chi connectivity index (χ1n) is 5.46. The third-order valence-corrected chi connectivity index (χ3v) is 3.63. The molecule has 2 saturated carbocycles. The molecule has 1 N–H and O–H groups in total. The van der Waals surface area contributed by atoms with Gasteiger partial charge in [0.2, 0.25) is 5.91 Å². The van der Waals surface area contributed by atoms with E-state index in [1.54, 1.807) is 0 Å². The Morgan fingerprint density at radius 2 is 2.14 bits per heavy atom. The molecule has 0 aliphatic heterocycles. The van der Waals surface area contributed by atoms with Gasteiger partial charge in [0.25, 0.3) is 0 Å². The Kier molecular flexibility index (Phi) is 2.45. The van der Waals surface area contributed by atoms with Gasteiger partial charge in [0.15, 0.2) is 0 Å². The van der Waals surface area contributed by atoms with Crippen molar-refractivity contribution in [1.29, 1.82) is 5.26 Å². The maximum absolute atomic E-state index is 11.7. The first-order valence-corrected chi connectivity index (χ1v) is 5.46. The van der Waals surface area contributed by atoms with Gasteiger partial charge in [0.05, 0.1) is 6.07 Å². The van der Waals surface area contributed by atoms with Crippen LogP contribution in [-0.2, 0) is 4.79 Å². The van der Waals surface area contributed by atoms with Crippen LogP contribution in [0.4, 0.5) is 0 Å². The predicted octanol–water partition coefficient (Wildman–Crippen LogP) is 1.60. The summed E-state index contributed by atoms with van der Waals surface area (Å²) in [4.78, 5) is 11.7. The Balaban J connectivity index is 1.79. The molecule has 14 heavy (non-hydrogen) atoms. The van der Waals surface area contributed by atoms with E-state index in [-0.39, 0.29) is 5.91 Å². The normalized spacial score (nSPS) is 24.2. The molecule has 0 heterocycles. The van der Waals surface area contributed by atoms with Crippen LogP contribution in [0.5, 0.6) is 0 Å². The Bertz CT molecular complexity index is 272. The highest BCUT2D eigenvalue weighted by molar-refractivity contribution is 5.86. The topological polar surface area (TPSA) is 52.9 Å². The zero-order valence-corrected chi connectivity index (χ0v) is 8.38. The lowest BCUT2D eigenvalue weighted by atomic mass is 9.69. The van der Waals surface area contributed by atoms with Crippen molar-refractivity contribution in [1.82, 2.24) is 5.32 Å². The number of carbonyl (C=O) groups is 1. The number of nitrogens with zero attached hydrogens (tertiary/aromatic N) is 1. The second kappa shape index (κ2) is 3.61. The quantitative estimate of drug-likeness (QED) is 0.738. The van der Waals surface area contributed by atoms with Crippen molar-refractivity contribution in [3.63, 3.8) is 0 Å². The average molecular weight is 192 g/mol. The van der Waals surface area contributed by atoms with E-state index < -0.39 is 5.41 Å². The molecule has 0 unspecified atom stereocenters. The number of nitrogens with one attached hydrogen (secondary N) is 1. The van der Waals surface area contributed by atoms with Crippen LogP contribution in [0.3, 0.4) is 0 Å². The average Bonchev–Trinajstić information content (AvgIpc) is 2.00. The molecule has 0 aromatic rings. The SMILES string of the molecule is N#CC1(C(=O)NCC2CCC2)CCC1. The number of nitriles is 1. The first-order chi connectivity index (χ1) is 6.77. The molecule has 0 atom stereocenters. The number of hydrogen-bond acceptors (Lipinski definition) is 2. The maximum Gasteiger partial charge on any atom is 0.240 e. The van der Waals surface area contributed by atoms with Gasteiger partial charge in [-0.3, -0.25) is 4.79 Å². The largest absolute Gasteiger partial charge is 0.354 e. The van der Waals surface area contributed by atoms with Gasteiger partial charge in [-0.1, -0.05) is 6.42 Å². The zero-order valence-electron chi connectivity index (χ0n) is 8.38. The van der Waals surface area contributed by atoms with Gasteiger partial charge in [-0.25, -0.2) is 0 Å². The highest BCUT2D eigenvalue weighted by Crippen LogP contribution is 2.40. The Hall–Kier alpha value is -1.04. The van der Waals surface area contributed by atoms with E-state index >= 15 is 0 Å². The van der Waals surface area contributed by atoms with Gasteiger partial charge in [-0.05, 0) is 38.0 Å². The number of rotatable bonds is 3.